The van der Waals surface area contributed by atoms with Crippen LogP contribution < -0.4 is 5.32 Å². The van der Waals surface area contributed by atoms with Crippen LogP contribution in [0.25, 0.3) is 0 Å². The molecule has 0 aromatic rings. The minimum absolute atomic E-state index is 0. The second-order valence-corrected chi connectivity index (χ2v) is 6.56. The van der Waals surface area contributed by atoms with Gasteiger partial charge in [0.25, 0.3) is 0 Å². The number of guanidine groups is 1. The molecule has 1 aliphatic rings. The molecule has 1 N–H and O–H groups in total. The Labute approximate surface area is 148 Å². The van der Waals surface area contributed by atoms with Crippen LogP contribution >= 0.6 is 24.0 Å². The lowest BCUT2D eigenvalue weighted by molar-refractivity contribution is 0.116. The number of aliphatic imine (C=N–C) groups is 1. The zero-order valence-electron chi connectivity index (χ0n) is 14.4. The number of nitrogens with one attached hydrogen (secondary N) is 1. The van der Waals surface area contributed by atoms with Gasteiger partial charge in [-0.1, -0.05) is 27.7 Å². The lowest BCUT2D eigenvalue weighted by atomic mass is 9.92. The van der Waals surface area contributed by atoms with E-state index in [1.165, 1.54) is 6.42 Å². The first-order valence-corrected chi connectivity index (χ1v) is 8.13. The molecule has 5 heteroatoms. The molecule has 2 atom stereocenters. The first kappa shape index (κ1) is 21.0. The molecule has 1 fully saturated rings. The summed E-state index contributed by atoms with van der Waals surface area (Å²) in [5.41, 5.74) is 0. The lowest BCUT2D eigenvalue weighted by Crippen LogP contribution is -2.48. The van der Waals surface area contributed by atoms with Crippen molar-refractivity contribution >= 4 is 29.9 Å². The quantitative estimate of drug-likeness (QED) is 0.316. The van der Waals surface area contributed by atoms with Gasteiger partial charge < -0.3 is 15.0 Å². The first-order chi connectivity index (χ1) is 9.52. The number of ether oxygens (including phenoxy) is 1. The predicted molar refractivity (Wildman–Crippen MR) is 102 cm³/mol. The highest BCUT2D eigenvalue weighted by Gasteiger charge is 2.23. The fourth-order valence-electron chi connectivity index (χ4n) is 2.80. The highest BCUT2D eigenvalue weighted by atomic mass is 127. The minimum atomic E-state index is 0. The van der Waals surface area contributed by atoms with E-state index in [9.17, 15) is 0 Å². The van der Waals surface area contributed by atoms with Gasteiger partial charge in [0.05, 0.1) is 13.2 Å². The maximum Gasteiger partial charge on any atom is 0.194 e. The van der Waals surface area contributed by atoms with Crippen molar-refractivity contribution in [3.05, 3.63) is 0 Å². The highest BCUT2D eigenvalue weighted by Crippen LogP contribution is 2.20. The van der Waals surface area contributed by atoms with Crippen LogP contribution in [0.1, 0.15) is 41.0 Å². The Morgan fingerprint density at radius 1 is 1.29 bits per heavy atom. The maximum absolute atomic E-state index is 5.60. The van der Waals surface area contributed by atoms with E-state index < -0.39 is 0 Å². The second-order valence-electron chi connectivity index (χ2n) is 6.56. The van der Waals surface area contributed by atoms with Crippen molar-refractivity contribution in [2.75, 3.05) is 39.4 Å². The number of likely N-dealkylation sites (tertiary alicyclic amines) is 1. The molecule has 0 aliphatic carbocycles. The second kappa shape index (κ2) is 11.5. The molecule has 1 aliphatic heterocycles. The molecule has 1 heterocycles. The van der Waals surface area contributed by atoms with Crippen LogP contribution in [0.15, 0.2) is 4.99 Å². The van der Waals surface area contributed by atoms with Crippen LogP contribution in [0.5, 0.6) is 0 Å². The molecule has 21 heavy (non-hydrogen) atoms. The van der Waals surface area contributed by atoms with Crippen LogP contribution in [0.3, 0.4) is 0 Å². The van der Waals surface area contributed by atoms with Crippen molar-refractivity contribution in [2.45, 2.75) is 41.0 Å². The highest BCUT2D eigenvalue weighted by molar-refractivity contribution is 14.0. The van der Waals surface area contributed by atoms with E-state index in [2.05, 4.69) is 44.8 Å². The first-order valence-electron chi connectivity index (χ1n) is 8.13. The molecular formula is C16H34IN3O. The summed E-state index contributed by atoms with van der Waals surface area (Å²) in [4.78, 5) is 7.12. The number of hydrogen-bond donors (Lipinski definition) is 1. The maximum atomic E-state index is 5.60. The van der Waals surface area contributed by atoms with Gasteiger partial charge in [0.2, 0.25) is 0 Å². The van der Waals surface area contributed by atoms with Gasteiger partial charge in [-0.3, -0.25) is 4.99 Å². The van der Waals surface area contributed by atoms with Crippen molar-refractivity contribution in [1.29, 1.82) is 0 Å². The summed E-state index contributed by atoms with van der Waals surface area (Å²) in [5, 5.41) is 3.41. The molecule has 0 bridgehead atoms. The van der Waals surface area contributed by atoms with Crippen LogP contribution in [-0.4, -0.2) is 50.3 Å². The third-order valence-corrected chi connectivity index (χ3v) is 3.45. The molecule has 0 aromatic heterocycles. The molecule has 0 saturated carbocycles. The summed E-state index contributed by atoms with van der Waals surface area (Å²) in [6, 6.07) is 0. The van der Waals surface area contributed by atoms with Crippen molar-refractivity contribution in [3.63, 3.8) is 0 Å². The van der Waals surface area contributed by atoms with Gasteiger partial charge in [-0.25, -0.2) is 0 Å². The number of hydrogen-bond acceptors (Lipinski definition) is 2. The van der Waals surface area contributed by atoms with Gasteiger partial charge in [-0.15, -0.1) is 24.0 Å². The fraction of sp³-hybridized carbons (Fsp3) is 0.938. The molecule has 0 amide bonds. The van der Waals surface area contributed by atoms with Crippen molar-refractivity contribution in [1.82, 2.24) is 10.2 Å². The molecule has 4 nitrogen and oxygen atoms in total. The molecule has 126 valence electrons. The molecule has 0 aromatic carbocycles. The third-order valence-electron chi connectivity index (χ3n) is 3.45. The minimum Gasteiger partial charge on any atom is -0.379 e. The van der Waals surface area contributed by atoms with E-state index in [4.69, 9.17) is 9.73 Å². The van der Waals surface area contributed by atoms with E-state index >= 15 is 0 Å². The van der Waals surface area contributed by atoms with Gasteiger partial charge in [0, 0.05) is 26.2 Å². The zero-order valence-corrected chi connectivity index (χ0v) is 16.7. The Morgan fingerprint density at radius 2 is 1.90 bits per heavy atom. The van der Waals surface area contributed by atoms with Gasteiger partial charge in [-0.2, -0.15) is 0 Å². The predicted octanol–water partition coefficient (Wildman–Crippen LogP) is 3.22. The van der Waals surface area contributed by atoms with Crippen molar-refractivity contribution in [2.24, 2.45) is 22.7 Å². The number of piperidine rings is 1. The average Bonchev–Trinajstić information content (AvgIpc) is 2.35. The van der Waals surface area contributed by atoms with Crippen molar-refractivity contribution in [3.8, 4) is 0 Å². The van der Waals surface area contributed by atoms with E-state index in [0.717, 1.165) is 50.6 Å². The molecule has 2 unspecified atom stereocenters. The summed E-state index contributed by atoms with van der Waals surface area (Å²) >= 11 is 0. The fourth-order valence-corrected chi connectivity index (χ4v) is 2.80. The van der Waals surface area contributed by atoms with Crippen LogP contribution in [0.4, 0.5) is 0 Å². The summed E-state index contributed by atoms with van der Waals surface area (Å²) < 4.78 is 5.60. The average molecular weight is 411 g/mol. The van der Waals surface area contributed by atoms with Gasteiger partial charge >= 0.3 is 0 Å². The van der Waals surface area contributed by atoms with Gasteiger partial charge in [0.15, 0.2) is 5.96 Å². The van der Waals surface area contributed by atoms with Gasteiger partial charge in [-0.05, 0) is 31.1 Å². The van der Waals surface area contributed by atoms with E-state index in [1.54, 1.807) is 0 Å². The summed E-state index contributed by atoms with van der Waals surface area (Å²) in [5.74, 6) is 3.15. The Balaban J connectivity index is 0.00000400. The van der Waals surface area contributed by atoms with E-state index in [-0.39, 0.29) is 24.0 Å². The molecular weight excluding hydrogens is 377 g/mol. The van der Waals surface area contributed by atoms with Crippen LogP contribution in [-0.2, 0) is 4.74 Å². The number of halogens is 1. The molecule has 1 saturated heterocycles. The molecule has 0 spiro atoms. The summed E-state index contributed by atoms with van der Waals surface area (Å²) in [6.45, 7) is 16.6. The molecule has 1 rings (SSSR count). The monoisotopic (exact) mass is 411 g/mol. The van der Waals surface area contributed by atoms with Gasteiger partial charge in [0.1, 0.15) is 0 Å². The summed E-state index contributed by atoms with van der Waals surface area (Å²) in [7, 11) is 0. The Morgan fingerprint density at radius 3 is 2.43 bits per heavy atom. The largest absolute Gasteiger partial charge is 0.379 e. The lowest BCUT2D eigenvalue weighted by Gasteiger charge is -2.37. The van der Waals surface area contributed by atoms with Crippen molar-refractivity contribution < 1.29 is 4.74 Å². The van der Waals surface area contributed by atoms with E-state index in [1.807, 2.05) is 0 Å². The summed E-state index contributed by atoms with van der Waals surface area (Å²) in [6.07, 6.45) is 1.33. The SMILES string of the molecule is CCNC(=NCCOCC(C)C)N1CC(C)CC(C)C1.I. The number of rotatable bonds is 6. The Bertz CT molecular complexity index is 287. The van der Waals surface area contributed by atoms with Crippen LogP contribution in [0.2, 0.25) is 0 Å². The normalized spacial score (nSPS) is 23.1. The van der Waals surface area contributed by atoms with Crippen LogP contribution in [0, 0.1) is 17.8 Å². The molecule has 0 radical (unpaired) electrons. The standard InChI is InChI=1S/C16H33N3O.HI/c1-6-17-16(18-7-8-20-12-13(2)3)19-10-14(4)9-15(5)11-19;/h13-15H,6-12H2,1-5H3,(H,17,18);1H. The van der Waals surface area contributed by atoms with E-state index in [0.29, 0.717) is 12.5 Å². The Hall–Kier alpha value is -0.0400. The Kier molecular flexibility index (Phi) is 11.5. The topological polar surface area (TPSA) is 36.9 Å². The number of nitrogens with zero attached hydrogens (tertiary/aromatic N) is 2. The smallest absolute Gasteiger partial charge is 0.194 e. The third kappa shape index (κ3) is 8.86. The zero-order chi connectivity index (χ0) is 15.0.